The fourth-order valence-corrected chi connectivity index (χ4v) is 0.654. The van der Waals surface area contributed by atoms with E-state index in [1.807, 2.05) is 0 Å². The van der Waals surface area contributed by atoms with Crippen LogP contribution in [0.1, 0.15) is 5.56 Å². The molecule has 0 unspecified atom stereocenters. The molecule has 0 N–H and O–H groups in total. The zero-order chi connectivity index (χ0) is 7.56. The number of benzene rings is 1. The van der Waals surface area contributed by atoms with Crippen LogP contribution in [-0.2, 0) is 11.7 Å². The summed E-state index contributed by atoms with van der Waals surface area (Å²) in [6.07, 6.45) is 0. The maximum atomic E-state index is 12.4. The van der Waals surface area contributed by atoms with Gasteiger partial charge in [-0.2, -0.15) is 0 Å². The molecule has 0 aromatic heterocycles. The van der Waals surface area contributed by atoms with Gasteiger partial charge in [-0.15, -0.1) is 0 Å². The van der Waals surface area contributed by atoms with Crippen LogP contribution in [0.3, 0.4) is 0 Å². The molecule has 0 saturated carbocycles. The molecule has 0 heterocycles. The summed E-state index contributed by atoms with van der Waals surface area (Å²) in [5, 5.41) is 10.1. The molecule has 53 valence electrons. The van der Waals surface area contributed by atoms with E-state index in [-0.39, 0.29) is 5.56 Å². The van der Waals surface area contributed by atoms with E-state index in [1.165, 1.54) is 0 Å². The Morgan fingerprint density at radius 2 is 2.00 bits per heavy atom. The van der Waals surface area contributed by atoms with Gasteiger partial charge in [-0.25, -0.2) is 13.9 Å². The van der Waals surface area contributed by atoms with Gasteiger partial charge in [0.15, 0.2) is 0 Å². The first-order chi connectivity index (χ1) is 4.74. The Kier molecular flexibility index (Phi) is 1.97. The highest BCUT2D eigenvalue weighted by atomic mass is 19.1. The lowest BCUT2D eigenvalue weighted by molar-refractivity contribution is 0.173. The second kappa shape index (κ2) is 2.75. The van der Waals surface area contributed by atoms with E-state index in [0.29, 0.717) is 0 Å². The Labute approximate surface area is 56.9 Å². The van der Waals surface area contributed by atoms with Crippen molar-refractivity contribution in [2.24, 2.45) is 0 Å². The van der Waals surface area contributed by atoms with Gasteiger partial charge >= 0.3 is 0 Å². The van der Waals surface area contributed by atoms with Crippen molar-refractivity contribution in [3.05, 3.63) is 35.4 Å². The summed E-state index contributed by atoms with van der Waals surface area (Å²) in [5.74, 6) is -1.22. The highest BCUT2D eigenvalue weighted by Gasteiger charge is 2.01. The fourth-order valence-electron chi connectivity index (χ4n) is 0.654. The maximum absolute atomic E-state index is 12.4. The average Bonchev–Trinajstić information content (AvgIpc) is 1.94. The van der Waals surface area contributed by atoms with Crippen molar-refractivity contribution in [1.82, 2.24) is 0 Å². The van der Waals surface area contributed by atoms with Gasteiger partial charge in [-0.3, -0.25) is 0 Å². The highest BCUT2D eigenvalue weighted by Crippen LogP contribution is 2.08. The molecule has 1 aromatic carbocycles. The van der Waals surface area contributed by atoms with Crippen LogP contribution in [-0.4, -0.2) is 0 Å². The van der Waals surface area contributed by atoms with E-state index in [2.05, 4.69) is 0 Å². The monoisotopic (exact) mass is 143 g/mol. The van der Waals surface area contributed by atoms with Crippen molar-refractivity contribution in [1.29, 1.82) is 0 Å². The summed E-state index contributed by atoms with van der Waals surface area (Å²) in [7, 11) is 0. The lowest BCUT2D eigenvalue weighted by Crippen LogP contribution is -1.88. The Balaban J connectivity index is 3.09. The predicted molar refractivity (Wildman–Crippen MR) is 30.7 cm³/mol. The van der Waals surface area contributed by atoms with Gasteiger partial charge in [0.2, 0.25) is 0 Å². The SMILES string of the molecule is [O]Cc1cc(F)ccc1F. The molecule has 1 rings (SSSR count). The number of rotatable bonds is 1. The average molecular weight is 143 g/mol. The van der Waals surface area contributed by atoms with Crippen LogP contribution in [0.2, 0.25) is 0 Å². The molecule has 0 amide bonds. The maximum Gasteiger partial charge on any atom is 0.129 e. The second-order valence-electron chi connectivity index (χ2n) is 1.88. The topological polar surface area (TPSA) is 19.9 Å². The van der Waals surface area contributed by atoms with Gasteiger partial charge in [0.1, 0.15) is 18.2 Å². The van der Waals surface area contributed by atoms with Crippen LogP contribution in [0.5, 0.6) is 0 Å². The normalized spacial score (nSPS) is 9.90. The van der Waals surface area contributed by atoms with Gasteiger partial charge in [0, 0.05) is 5.56 Å². The molecule has 0 aliphatic heterocycles. The lowest BCUT2D eigenvalue weighted by atomic mass is 10.2. The molecule has 0 spiro atoms. The zero-order valence-corrected chi connectivity index (χ0v) is 5.10. The lowest BCUT2D eigenvalue weighted by Gasteiger charge is -1.95. The van der Waals surface area contributed by atoms with Crippen molar-refractivity contribution >= 4 is 0 Å². The van der Waals surface area contributed by atoms with Crippen molar-refractivity contribution < 1.29 is 13.9 Å². The predicted octanol–water partition coefficient (Wildman–Crippen LogP) is 1.90. The first kappa shape index (κ1) is 7.15. The summed E-state index contributed by atoms with van der Waals surface area (Å²) in [6.45, 7) is -0.719. The first-order valence-corrected chi connectivity index (χ1v) is 2.76. The van der Waals surface area contributed by atoms with E-state index in [4.69, 9.17) is 0 Å². The molecule has 0 fully saturated rings. The van der Waals surface area contributed by atoms with E-state index in [1.54, 1.807) is 0 Å². The molecule has 0 aliphatic carbocycles. The smallest absolute Gasteiger partial charge is 0.129 e. The van der Waals surface area contributed by atoms with Crippen molar-refractivity contribution in [3.63, 3.8) is 0 Å². The van der Waals surface area contributed by atoms with Gasteiger partial charge < -0.3 is 0 Å². The second-order valence-corrected chi connectivity index (χ2v) is 1.88. The van der Waals surface area contributed by atoms with Crippen molar-refractivity contribution in [2.45, 2.75) is 6.61 Å². The Morgan fingerprint density at radius 3 is 2.50 bits per heavy atom. The number of halogens is 2. The van der Waals surface area contributed by atoms with Gasteiger partial charge in [0.05, 0.1) is 0 Å². The van der Waals surface area contributed by atoms with Gasteiger partial charge in [-0.1, -0.05) is 0 Å². The number of hydrogen-bond acceptors (Lipinski definition) is 0. The van der Waals surface area contributed by atoms with Crippen LogP contribution in [0.25, 0.3) is 0 Å². The molecule has 0 atom stereocenters. The summed E-state index contributed by atoms with van der Waals surface area (Å²) in [4.78, 5) is 0. The van der Waals surface area contributed by atoms with Crippen molar-refractivity contribution in [3.8, 4) is 0 Å². The van der Waals surface area contributed by atoms with E-state index in [0.717, 1.165) is 18.2 Å². The fraction of sp³-hybridized carbons (Fsp3) is 0.143. The minimum Gasteiger partial charge on any atom is -0.231 e. The van der Waals surface area contributed by atoms with Crippen LogP contribution in [0, 0.1) is 11.6 Å². The minimum atomic E-state index is -0.719. The molecule has 1 radical (unpaired) electrons. The molecule has 1 aromatic rings. The number of hydrogen-bond donors (Lipinski definition) is 0. The Hall–Kier alpha value is -0.960. The largest absolute Gasteiger partial charge is 0.231 e. The molecule has 0 saturated heterocycles. The molecule has 10 heavy (non-hydrogen) atoms. The summed E-state index contributed by atoms with van der Waals surface area (Å²) in [5.41, 5.74) is -0.125. The van der Waals surface area contributed by atoms with E-state index >= 15 is 0 Å². The summed E-state index contributed by atoms with van der Waals surface area (Å²) >= 11 is 0. The van der Waals surface area contributed by atoms with Crippen LogP contribution >= 0.6 is 0 Å². The quantitative estimate of drug-likeness (QED) is 0.572. The third-order valence-corrected chi connectivity index (χ3v) is 1.16. The van der Waals surface area contributed by atoms with Crippen molar-refractivity contribution in [2.75, 3.05) is 0 Å². The Bertz CT molecular complexity index is 235. The zero-order valence-electron chi connectivity index (χ0n) is 5.10. The first-order valence-electron chi connectivity index (χ1n) is 2.76. The third-order valence-electron chi connectivity index (χ3n) is 1.16. The molecular weight excluding hydrogens is 138 g/mol. The molecule has 0 bridgehead atoms. The van der Waals surface area contributed by atoms with E-state index in [9.17, 15) is 13.9 Å². The Morgan fingerprint density at radius 1 is 1.30 bits per heavy atom. The molecular formula is C7H5F2O. The molecule has 3 heteroatoms. The third kappa shape index (κ3) is 1.30. The van der Waals surface area contributed by atoms with Crippen LogP contribution in [0.15, 0.2) is 18.2 Å². The van der Waals surface area contributed by atoms with Gasteiger partial charge in [0.25, 0.3) is 0 Å². The highest BCUT2D eigenvalue weighted by molar-refractivity contribution is 5.17. The van der Waals surface area contributed by atoms with Crippen LogP contribution < -0.4 is 0 Å². The molecule has 0 aliphatic rings. The van der Waals surface area contributed by atoms with Gasteiger partial charge in [-0.05, 0) is 18.2 Å². The standard InChI is InChI=1S/C7H5F2O/c8-6-1-2-7(9)5(3-6)4-10/h1-3H,4H2. The summed E-state index contributed by atoms with van der Waals surface area (Å²) in [6, 6.07) is 2.83. The molecule has 1 nitrogen and oxygen atoms in total. The van der Waals surface area contributed by atoms with E-state index < -0.39 is 18.2 Å². The van der Waals surface area contributed by atoms with Crippen LogP contribution in [0.4, 0.5) is 8.78 Å². The minimum absolute atomic E-state index is 0.125. The summed E-state index contributed by atoms with van der Waals surface area (Å²) < 4.78 is 24.6.